The van der Waals surface area contributed by atoms with Gasteiger partial charge in [0.25, 0.3) is 0 Å². The summed E-state index contributed by atoms with van der Waals surface area (Å²) in [6.45, 7) is 8.85. The third-order valence-corrected chi connectivity index (χ3v) is 5.38. The van der Waals surface area contributed by atoms with Gasteiger partial charge in [0.15, 0.2) is 12.4 Å². The van der Waals surface area contributed by atoms with Gasteiger partial charge in [-0.05, 0) is 37.5 Å². The van der Waals surface area contributed by atoms with E-state index in [9.17, 15) is 4.79 Å². The van der Waals surface area contributed by atoms with E-state index >= 15 is 0 Å². The summed E-state index contributed by atoms with van der Waals surface area (Å²) >= 11 is 0. The van der Waals surface area contributed by atoms with E-state index in [1.807, 2.05) is 23.1 Å². The van der Waals surface area contributed by atoms with Crippen LogP contribution in [0.4, 0.5) is 5.69 Å². The van der Waals surface area contributed by atoms with Crippen molar-refractivity contribution in [3.8, 4) is 0 Å². The summed E-state index contributed by atoms with van der Waals surface area (Å²) in [4.78, 5) is 16.9. The van der Waals surface area contributed by atoms with Gasteiger partial charge in [-0.1, -0.05) is 18.2 Å². The van der Waals surface area contributed by atoms with Crippen LogP contribution in [0.25, 0.3) is 0 Å². The number of halogens is 1. The number of anilines is 1. The summed E-state index contributed by atoms with van der Waals surface area (Å²) in [6.07, 6.45) is 6.82. The first-order chi connectivity index (χ1) is 12.6. The highest BCUT2D eigenvalue weighted by atomic mass is 79.9. The van der Waals surface area contributed by atoms with Crippen LogP contribution >= 0.6 is 0 Å². The van der Waals surface area contributed by atoms with Crippen molar-refractivity contribution in [2.24, 2.45) is 0 Å². The van der Waals surface area contributed by atoms with Crippen molar-refractivity contribution in [3.63, 3.8) is 0 Å². The Morgan fingerprint density at radius 1 is 0.963 bits per heavy atom. The van der Waals surface area contributed by atoms with Gasteiger partial charge in [-0.2, -0.15) is 0 Å². The number of carbonyl (C=O) groups is 1. The smallest absolute Gasteiger partial charge is 0.222 e. The molecule has 0 atom stereocenters. The van der Waals surface area contributed by atoms with Crippen molar-refractivity contribution in [2.75, 3.05) is 31.1 Å². The Hall–Kier alpha value is -1.88. The third-order valence-electron chi connectivity index (χ3n) is 5.38. The molecule has 0 unspecified atom stereocenters. The first-order valence-corrected chi connectivity index (χ1v) is 9.68. The lowest BCUT2D eigenvalue weighted by molar-refractivity contribution is -0.697. The molecule has 146 valence electrons. The number of amides is 1. The van der Waals surface area contributed by atoms with E-state index in [1.54, 1.807) is 0 Å². The lowest BCUT2D eigenvalue weighted by Gasteiger charge is -2.37. The van der Waals surface area contributed by atoms with E-state index in [0.29, 0.717) is 12.3 Å². The molecule has 1 aliphatic rings. The lowest BCUT2D eigenvalue weighted by atomic mass is 10.1. The molecule has 0 N–H and O–H groups in total. The van der Waals surface area contributed by atoms with E-state index in [1.165, 1.54) is 16.8 Å². The lowest BCUT2D eigenvalue weighted by Crippen LogP contribution is -3.00. The van der Waals surface area contributed by atoms with Crippen molar-refractivity contribution >= 4 is 11.6 Å². The van der Waals surface area contributed by atoms with Crippen LogP contribution in [0.15, 0.2) is 48.8 Å². The number of hydrogen-bond acceptors (Lipinski definition) is 2. The number of piperazine rings is 1. The molecule has 2 heterocycles. The van der Waals surface area contributed by atoms with Gasteiger partial charge in [0.05, 0.1) is 0 Å². The minimum absolute atomic E-state index is 0. The Balaban J connectivity index is 0.00000261. The Morgan fingerprint density at radius 2 is 1.67 bits per heavy atom. The standard InChI is InChI=1S/C22H30N3O.BrH/c1-19-9-8-10-21(20(19)2)24-15-17-25(18-16-24)22(26)11-4-7-14-23-12-5-3-6-13-23;/h3,5-6,8-10,12-13H,4,7,11,14-18H2,1-2H3;1H/q+1;/p-1. The number of aromatic nitrogens is 1. The van der Waals surface area contributed by atoms with Gasteiger partial charge in [-0.15, -0.1) is 0 Å². The molecule has 0 aliphatic carbocycles. The molecule has 1 aliphatic heterocycles. The molecule has 0 spiro atoms. The molecular formula is C22H30BrN3O. The summed E-state index contributed by atoms with van der Waals surface area (Å²) in [5.74, 6) is 0.309. The van der Waals surface area contributed by atoms with Crippen LogP contribution in [-0.4, -0.2) is 37.0 Å². The molecule has 0 saturated carbocycles. The summed E-state index contributed by atoms with van der Waals surface area (Å²) < 4.78 is 2.17. The number of benzene rings is 1. The van der Waals surface area contributed by atoms with Crippen LogP contribution in [0, 0.1) is 13.8 Å². The van der Waals surface area contributed by atoms with E-state index in [-0.39, 0.29) is 17.0 Å². The highest BCUT2D eigenvalue weighted by molar-refractivity contribution is 5.76. The Bertz CT molecular complexity index is 728. The van der Waals surface area contributed by atoms with E-state index in [0.717, 1.165) is 45.6 Å². The largest absolute Gasteiger partial charge is 1.00 e. The first kappa shape index (κ1) is 21.4. The average molecular weight is 432 g/mol. The number of pyridine rings is 1. The van der Waals surface area contributed by atoms with E-state index < -0.39 is 0 Å². The fourth-order valence-corrected chi connectivity index (χ4v) is 3.59. The minimum Gasteiger partial charge on any atom is -1.00 e. The van der Waals surface area contributed by atoms with Crippen LogP contribution in [-0.2, 0) is 11.3 Å². The van der Waals surface area contributed by atoms with Gasteiger partial charge in [-0.3, -0.25) is 4.79 Å². The average Bonchev–Trinajstić information content (AvgIpc) is 2.68. The van der Waals surface area contributed by atoms with Crippen molar-refractivity contribution in [2.45, 2.75) is 39.7 Å². The van der Waals surface area contributed by atoms with Crippen molar-refractivity contribution in [3.05, 3.63) is 59.9 Å². The zero-order valence-corrected chi connectivity index (χ0v) is 18.0. The maximum absolute atomic E-state index is 12.5. The molecule has 1 saturated heterocycles. The van der Waals surface area contributed by atoms with Gasteiger partial charge in [0.2, 0.25) is 5.91 Å². The van der Waals surface area contributed by atoms with Crippen LogP contribution in [0.5, 0.6) is 0 Å². The molecule has 1 fully saturated rings. The quantitative estimate of drug-likeness (QED) is 0.479. The second kappa shape index (κ2) is 10.5. The number of unbranched alkanes of at least 4 members (excludes halogenated alkanes) is 1. The monoisotopic (exact) mass is 431 g/mol. The third kappa shape index (κ3) is 5.80. The number of carbonyl (C=O) groups excluding carboxylic acids is 1. The number of nitrogens with zero attached hydrogens (tertiary/aromatic N) is 3. The highest BCUT2D eigenvalue weighted by Gasteiger charge is 2.22. The zero-order chi connectivity index (χ0) is 18.4. The molecule has 4 nitrogen and oxygen atoms in total. The van der Waals surface area contributed by atoms with Gasteiger partial charge >= 0.3 is 0 Å². The Labute approximate surface area is 173 Å². The molecule has 0 radical (unpaired) electrons. The summed E-state index contributed by atoms with van der Waals surface area (Å²) in [6, 6.07) is 12.6. The normalized spacial score (nSPS) is 14.0. The first-order valence-electron chi connectivity index (χ1n) is 9.68. The summed E-state index contributed by atoms with van der Waals surface area (Å²) in [7, 11) is 0. The van der Waals surface area contributed by atoms with E-state index in [2.05, 4.69) is 53.9 Å². The molecule has 1 amide bonds. The van der Waals surface area contributed by atoms with Crippen molar-refractivity contribution in [1.82, 2.24) is 4.90 Å². The number of aryl methyl sites for hydroxylation is 2. The summed E-state index contributed by atoms with van der Waals surface area (Å²) in [5.41, 5.74) is 4.00. The van der Waals surface area contributed by atoms with Crippen molar-refractivity contribution < 1.29 is 26.3 Å². The molecule has 3 rings (SSSR count). The Kier molecular flexibility index (Phi) is 8.29. The number of hydrogen-bond donors (Lipinski definition) is 0. The van der Waals surface area contributed by atoms with Crippen LogP contribution < -0.4 is 26.4 Å². The van der Waals surface area contributed by atoms with Crippen LogP contribution in [0.2, 0.25) is 0 Å². The minimum atomic E-state index is 0. The zero-order valence-electron chi connectivity index (χ0n) is 16.4. The molecular weight excluding hydrogens is 402 g/mol. The van der Waals surface area contributed by atoms with Gasteiger partial charge in [0, 0.05) is 56.8 Å². The second-order valence-corrected chi connectivity index (χ2v) is 7.16. The van der Waals surface area contributed by atoms with Gasteiger partial charge in [-0.25, -0.2) is 4.57 Å². The van der Waals surface area contributed by atoms with Gasteiger partial charge in [0.1, 0.15) is 6.54 Å². The van der Waals surface area contributed by atoms with Gasteiger partial charge < -0.3 is 26.8 Å². The molecule has 1 aromatic carbocycles. The Morgan fingerprint density at radius 3 is 2.37 bits per heavy atom. The SMILES string of the molecule is Cc1cccc(N2CCN(C(=O)CCCC[n+]3ccccc3)CC2)c1C.[Br-]. The number of rotatable bonds is 6. The maximum atomic E-state index is 12.5. The molecule has 1 aromatic heterocycles. The molecule has 27 heavy (non-hydrogen) atoms. The summed E-state index contributed by atoms with van der Waals surface area (Å²) in [5, 5.41) is 0. The topological polar surface area (TPSA) is 27.4 Å². The predicted molar refractivity (Wildman–Crippen MR) is 105 cm³/mol. The fourth-order valence-electron chi connectivity index (χ4n) is 3.59. The second-order valence-electron chi connectivity index (χ2n) is 7.16. The molecule has 2 aromatic rings. The van der Waals surface area contributed by atoms with E-state index in [4.69, 9.17) is 0 Å². The fraction of sp³-hybridized carbons (Fsp3) is 0.455. The maximum Gasteiger partial charge on any atom is 0.222 e. The van der Waals surface area contributed by atoms with Crippen molar-refractivity contribution in [1.29, 1.82) is 0 Å². The molecule has 0 bridgehead atoms. The molecule has 5 heteroatoms. The predicted octanol–water partition coefficient (Wildman–Crippen LogP) is 0.114. The highest BCUT2D eigenvalue weighted by Crippen LogP contribution is 2.24. The van der Waals surface area contributed by atoms with Crippen LogP contribution in [0.3, 0.4) is 0 Å². The van der Waals surface area contributed by atoms with Crippen LogP contribution in [0.1, 0.15) is 30.4 Å².